The minimum Gasteiger partial charge on any atom is -0.491 e. The van der Waals surface area contributed by atoms with E-state index in [0.717, 1.165) is 43.9 Å². The number of aryl methyl sites for hydroxylation is 1. The lowest BCUT2D eigenvalue weighted by Crippen LogP contribution is -2.50. The van der Waals surface area contributed by atoms with Gasteiger partial charge in [-0.05, 0) is 25.0 Å². The zero-order valence-electron chi connectivity index (χ0n) is 17.4. The van der Waals surface area contributed by atoms with Gasteiger partial charge in [-0.3, -0.25) is 14.6 Å². The molecule has 3 rings (SSSR count). The molecule has 1 aliphatic heterocycles. The van der Waals surface area contributed by atoms with Crippen LogP contribution in [0.3, 0.4) is 0 Å². The van der Waals surface area contributed by atoms with Crippen LogP contribution in [0.25, 0.3) is 0 Å². The third-order valence-electron chi connectivity index (χ3n) is 4.96. The molecule has 2 N–H and O–H groups in total. The molecule has 8 heteroatoms. The first-order valence-corrected chi connectivity index (χ1v) is 10.2. The lowest BCUT2D eigenvalue weighted by molar-refractivity contribution is -0.117. The summed E-state index contributed by atoms with van der Waals surface area (Å²) in [5.74, 6) is 1.78. The zero-order chi connectivity index (χ0) is 21.3. The molecule has 1 aliphatic rings. The molecule has 2 heterocycles. The maximum atomic E-state index is 12.1. The van der Waals surface area contributed by atoms with Crippen LogP contribution >= 0.6 is 0 Å². The van der Waals surface area contributed by atoms with Gasteiger partial charge in [-0.2, -0.15) is 0 Å². The van der Waals surface area contributed by atoms with E-state index in [-0.39, 0.29) is 12.5 Å². The van der Waals surface area contributed by atoms with Crippen LogP contribution in [0.4, 0.5) is 5.82 Å². The summed E-state index contributed by atoms with van der Waals surface area (Å²) in [6, 6.07) is 9.50. The van der Waals surface area contributed by atoms with Gasteiger partial charge in [-0.25, -0.2) is 0 Å². The van der Waals surface area contributed by atoms with Crippen LogP contribution in [0, 0.1) is 6.92 Å². The molecule has 1 aromatic carbocycles. The number of β-amino-alcohol motifs (C(OH)–C–C–N with tert-alkyl or cyclic N) is 1. The van der Waals surface area contributed by atoms with Crippen molar-refractivity contribution in [1.82, 2.24) is 15.0 Å². The third-order valence-corrected chi connectivity index (χ3v) is 4.96. The molecule has 2 aromatic rings. The summed E-state index contributed by atoms with van der Waals surface area (Å²) >= 11 is 0. The molecule has 1 unspecified atom stereocenters. The molecule has 1 fully saturated rings. The van der Waals surface area contributed by atoms with Crippen molar-refractivity contribution in [3.63, 3.8) is 0 Å². The number of aromatic nitrogens is 1. The molecule has 0 radical (unpaired) electrons. The van der Waals surface area contributed by atoms with Gasteiger partial charge in [0, 0.05) is 38.8 Å². The van der Waals surface area contributed by atoms with Crippen LogP contribution in [0.2, 0.25) is 0 Å². The molecule has 1 saturated heterocycles. The smallest absolute Gasteiger partial charge is 0.239 e. The zero-order valence-corrected chi connectivity index (χ0v) is 17.4. The average Bonchev–Trinajstić information content (AvgIpc) is 3.13. The molecule has 162 valence electrons. The first kappa shape index (κ1) is 22.0. The number of benzene rings is 1. The van der Waals surface area contributed by atoms with Crippen molar-refractivity contribution >= 4 is 11.7 Å². The van der Waals surface area contributed by atoms with E-state index in [1.165, 1.54) is 0 Å². The molecule has 1 aromatic heterocycles. The van der Waals surface area contributed by atoms with E-state index in [9.17, 15) is 9.90 Å². The predicted octanol–water partition coefficient (Wildman–Crippen LogP) is 1.71. The number of nitrogens with one attached hydrogen (secondary N) is 1. The van der Waals surface area contributed by atoms with Gasteiger partial charge in [0.25, 0.3) is 0 Å². The van der Waals surface area contributed by atoms with Crippen LogP contribution in [0.1, 0.15) is 11.3 Å². The second-order valence-electron chi connectivity index (χ2n) is 7.51. The van der Waals surface area contributed by atoms with Crippen molar-refractivity contribution in [3.8, 4) is 5.75 Å². The lowest BCUT2D eigenvalue weighted by atomic mass is 10.1. The van der Waals surface area contributed by atoms with E-state index < -0.39 is 6.10 Å². The number of aliphatic hydroxyl groups is 1. The van der Waals surface area contributed by atoms with Gasteiger partial charge in [0.05, 0.1) is 6.54 Å². The number of allylic oxidation sites excluding steroid dienone is 1. The second kappa shape index (κ2) is 10.9. The molecule has 0 aliphatic carbocycles. The normalized spacial score (nSPS) is 16.2. The Morgan fingerprint density at radius 2 is 2.07 bits per heavy atom. The number of carbonyl (C=O) groups excluding carboxylic acids is 1. The minimum absolute atomic E-state index is 0.108. The number of amides is 1. The van der Waals surface area contributed by atoms with E-state index >= 15 is 0 Å². The number of hydrogen-bond donors (Lipinski definition) is 2. The topological polar surface area (TPSA) is 91.1 Å². The Labute approximate surface area is 177 Å². The Balaban J connectivity index is 1.36. The summed E-state index contributed by atoms with van der Waals surface area (Å²) in [5.41, 5.74) is 1.06. The van der Waals surface area contributed by atoms with Gasteiger partial charge in [0.15, 0.2) is 5.82 Å². The van der Waals surface area contributed by atoms with Crippen LogP contribution in [0.15, 0.2) is 47.5 Å². The highest BCUT2D eigenvalue weighted by molar-refractivity contribution is 5.91. The van der Waals surface area contributed by atoms with Gasteiger partial charge < -0.3 is 19.7 Å². The molecule has 0 spiro atoms. The number of rotatable bonds is 10. The van der Waals surface area contributed by atoms with Crippen molar-refractivity contribution in [2.24, 2.45) is 0 Å². The Bertz CT molecular complexity index is 830. The third kappa shape index (κ3) is 6.69. The number of hydrogen-bond acceptors (Lipinski definition) is 7. The number of ether oxygens (including phenoxy) is 1. The van der Waals surface area contributed by atoms with Gasteiger partial charge in [-0.15, -0.1) is 6.58 Å². The van der Waals surface area contributed by atoms with Crippen molar-refractivity contribution in [2.45, 2.75) is 19.4 Å². The van der Waals surface area contributed by atoms with Gasteiger partial charge in [0.1, 0.15) is 24.2 Å². The van der Waals surface area contributed by atoms with E-state index in [4.69, 9.17) is 9.26 Å². The SMILES string of the molecule is C=CCc1ccccc1OCC(O)CN1CCN(CC(=O)Nc2cc(C)on2)CC1. The fraction of sp³-hybridized carbons (Fsp3) is 0.455. The monoisotopic (exact) mass is 414 g/mol. The number of anilines is 1. The number of aliphatic hydroxyl groups excluding tert-OH is 1. The number of para-hydroxylation sites is 1. The van der Waals surface area contributed by atoms with E-state index in [2.05, 4.69) is 26.9 Å². The molecular weight excluding hydrogens is 384 g/mol. The first-order valence-electron chi connectivity index (χ1n) is 10.2. The predicted molar refractivity (Wildman–Crippen MR) is 115 cm³/mol. The van der Waals surface area contributed by atoms with Gasteiger partial charge >= 0.3 is 0 Å². The van der Waals surface area contributed by atoms with Crippen molar-refractivity contribution in [3.05, 3.63) is 54.3 Å². The molecule has 1 amide bonds. The summed E-state index contributed by atoms with van der Waals surface area (Å²) in [6.45, 7) is 9.76. The van der Waals surface area contributed by atoms with Crippen molar-refractivity contribution < 1.29 is 19.2 Å². The maximum absolute atomic E-state index is 12.1. The Morgan fingerprint density at radius 1 is 1.33 bits per heavy atom. The molecule has 1 atom stereocenters. The number of carbonyl (C=O) groups is 1. The first-order chi connectivity index (χ1) is 14.5. The number of piperazine rings is 1. The van der Waals surface area contributed by atoms with Crippen molar-refractivity contribution in [2.75, 3.05) is 51.2 Å². The summed E-state index contributed by atoms with van der Waals surface area (Å²) in [7, 11) is 0. The van der Waals surface area contributed by atoms with Gasteiger partial charge in [0.2, 0.25) is 5.91 Å². The summed E-state index contributed by atoms with van der Waals surface area (Å²) in [6.07, 6.45) is 2.00. The average molecular weight is 415 g/mol. The molecule has 30 heavy (non-hydrogen) atoms. The van der Waals surface area contributed by atoms with E-state index in [1.54, 1.807) is 13.0 Å². The lowest BCUT2D eigenvalue weighted by Gasteiger charge is -2.35. The highest BCUT2D eigenvalue weighted by Gasteiger charge is 2.21. The van der Waals surface area contributed by atoms with E-state index in [0.29, 0.717) is 24.7 Å². The Hall–Kier alpha value is -2.68. The summed E-state index contributed by atoms with van der Waals surface area (Å²) < 4.78 is 10.8. The summed E-state index contributed by atoms with van der Waals surface area (Å²) in [4.78, 5) is 16.4. The highest BCUT2D eigenvalue weighted by Crippen LogP contribution is 2.19. The quantitative estimate of drug-likeness (QED) is 0.572. The molecule has 8 nitrogen and oxygen atoms in total. The van der Waals surface area contributed by atoms with Crippen LogP contribution < -0.4 is 10.1 Å². The highest BCUT2D eigenvalue weighted by atomic mass is 16.5. The second-order valence-corrected chi connectivity index (χ2v) is 7.51. The van der Waals surface area contributed by atoms with Crippen molar-refractivity contribution in [1.29, 1.82) is 0 Å². The fourth-order valence-electron chi connectivity index (χ4n) is 3.45. The molecule has 0 saturated carbocycles. The van der Waals surface area contributed by atoms with Gasteiger partial charge in [-0.1, -0.05) is 29.4 Å². The van der Waals surface area contributed by atoms with Crippen LogP contribution in [-0.4, -0.2) is 77.9 Å². The Kier molecular flexibility index (Phi) is 8.01. The number of nitrogens with zero attached hydrogens (tertiary/aromatic N) is 3. The largest absolute Gasteiger partial charge is 0.491 e. The summed E-state index contributed by atoms with van der Waals surface area (Å²) in [5, 5.41) is 16.9. The van der Waals surface area contributed by atoms with E-state index in [1.807, 2.05) is 30.3 Å². The molecular formula is C22H30N4O4. The Morgan fingerprint density at radius 3 is 2.77 bits per heavy atom. The molecule has 0 bridgehead atoms. The fourth-order valence-corrected chi connectivity index (χ4v) is 3.45. The van der Waals surface area contributed by atoms with Crippen LogP contribution in [-0.2, 0) is 11.2 Å². The maximum Gasteiger partial charge on any atom is 0.239 e. The van der Waals surface area contributed by atoms with Crippen LogP contribution in [0.5, 0.6) is 5.75 Å². The minimum atomic E-state index is -0.577. The standard InChI is InChI=1S/C22H30N4O4/c1-3-6-18-7-4-5-8-20(18)29-16-19(27)14-25-9-11-26(12-10-25)15-22(28)23-21-13-17(2)30-24-21/h3-5,7-8,13,19,27H,1,6,9-12,14-16H2,2H3,(H,23,24,28).